The summed E-state index contributed by atoms with van der Waals surface area (Å²) in [5.74, 6) is 1.20. The van der Waals surface area contributed by atoms with Crippen LogP contribution in [0.15, 0.2) is 24.5 Å². The Bertz CT molecular complexity index is 318. The summed E-state index contributed by atoms with van der Waals surface area (Å²) in [7, 11) is -3.03. The Morgan fingerprint density at radius 2 is 1.91 bits per heavy atom. The van der Waals surface area contributed by atoms with E-state index in [2.05, 4.69) is 4.98 Å². The normalized spacial score (nSPS) is 11.4. The first kappa shape index (κ1) is 8.20. The van der Waals surface area contributed by atoms with Crippen molar-refractivity contribution in [3.63, 3.8) is 0 Å². The van der Waals surface area contributed by atoms with E-state index in [1.165, 1.54) is 5.75 Å². The van der Waals surface area contributed by atoms with Gasteiger partial charge in [0.15, 0.2) is 9.84 Å². The lowest BCUT2D eigenvalue weighted by Crippen LogP contribution is -1.97. The van der Waals surface area contributed by atoms with Gasteiger partial charge in [0.2, 0.25) is 0 Å². The van der Waals surface area contributed by atoms with Crippen LogP contribution < -0.4 is 0 Å². The molecule has 0 spiro atoms. The van der Waals surface area contributed by atoms with Gasteiger partial charge in [0.1, 0.15) is 5.75 Å². The Morgan fingerprint density at radius 1 is 1.36 bits per heavy atom. The van der Waals surface area contributed by atoms with Gasteiger partial charge in [-0.15, -0.1) is 0 Å². The van der Waals surface area contributed by atoms with Crippen LogP contribution >= 0.6 is 0 Å². The molecule has 0 aliphatic rings. The van der Waals surface area contributed by atoms with Gasteiger partial charge >= 0.3 is 0 Å². The molecular weight excluding hydrogens is 162 g/mol. The summed E-state index contributed by atoms with van der Waals surface area (Å²) in [6.45, 7) is 0. The molecule has 0 amide bonds. The summed E-state index contributed by atoms with van der Waals surface area (Å²) in [4.78, 5) is 3.76. The van der Waals surface area contributed by atoms with E-state index in [0.717, 1.165) is 6.26 Å². The minimum absolute atomic E-state index is 0.655. The number of aromatic nitrogens is 1. The van der Waals surface area contributed by atoms with Crippen LogP contribution in [0.5, 0.6) is 0 Å². The zero-order valence-corrected chi connectivity index (χ0v) is 6.88. The summed E-state index contributed by atoms with van der Waals surface area (Å²) in [6.07, 6.45) is 4.27. The second-order valence-corrected chi connectivity index (χ2v) is 4.12. The van der Waals surface area contributed by atoms with E-state index in [-0.39, 0.29) is 0 Å². The summed E-state index contributed by atoms with van der Waals surface area (Å²) in [6, 6.07) is 3.28. The Kier molecular flexibility index (Phi) is 2.24. The molecule has 0 saturated heterocycles. The zero-order valence-electron chi connectivity index (χ0n) is 6.06. The van der Waals surface area contributed by atoms with Crippen molar-refractivity contribution in [2.75, 3.05) is 6.26 Å². The number of nitrogens with zero attached hydrogens (tertiary/aromatic N) is 1. The maximum atomic E-state index is 10.7. The smallest absolute Gasteiger partial charge is 0.156 e. The molecule has 0 atom stereocenters. The van der Waals surface area contributed by atoms with Crippen LogP contribution in [0.25, 0.3) is 0 Å². The molecule has 3 nitrogen and oxygen atoms in total. The maximum Gasteiger partial charge on any atom is 0.156 e. The van der Waals surface area contributed by atoms with Crippen molar-refractivity contribution in [1.29, 1.82) is 0 Å². The number of rotatable bonds is 2. The van der Waals surface area contributed by atoms with Gasteiger partial charge in [0, 0.05) is 18.6 Å². The fourth-order valence-electron chi connectivity index (χ4n) is 0.689. The zero-order chi connectivity index (χ0) is 8.32. The number of pyridine rings is 1. The van der Waals surface area contributed by atoms with Crippen LogP contribution in [0.3, 0.4) is 0 Å². The highest BCUT2D eigenvalue weighted by molar-refractivity contribution is 7.92. The minimum atomic E-state index is -3.03. The van der Waals surface area contributed by atoms with Gasteiger partial charge < -0.3 is 0 Å². The fourth-order valence-corrected chi connectivity index (χ4v) is 1.34. The molecule has 1 aromatic heterocycles. The van der Waals surface area contributed by atoms with Gasteiger partial charge in [0.25, 0.3) is 0 Å². The van der Waals surface area contributed by atoms with Crippen LogP contribution in [0, 0.1) is 5.75 Å². The van der Waals surface area contributed by atoms with Gasteiger partial charge in [-0.05, 0) is 17.7 Å². The third-order valence-electron chi connectivity index (χ3n) is 1.06. The summed E-state index contributed by atoms with van der Waals surface area (Å²) >= 11 is 0. The van der Waals surface area contributed by atoms with E-state index in [0.29, 0.717) is 5.56 Å². The Morgan fingerprint density at radius 3 is 2.36 bits per heavy atom. The molecular formula is C7H8NO2S. The van der Waals surface area contributed by atoms with Crippen LogP contribution in [0.1, 0.15) is 5.56 Å². The summed E-state index contributed by atoms with van der Waals surface area (Å²) < 4.78 is 21.4. The van der Waals surface area contributed by atoms with Crippen LogP contribution in [-0.4, -0.2) is 19.7 Å². The summed E-state index contributed by atoms with van der Waals surface area (Å²) in [5.41, 5.74) is 0.655. The molecule has 0 unspecified atom stereocenters. The number of hydrogen-bond acceptors (Lipinski definition) is 3. The maximum absolute atomic E-state index is 10.7. The molecule has 0 aliphatic heterocycles. The van der Waals surface area contributed by atoms with Gasteiger partial charge in [-0.2, -0.15) is 0 Å². The van der Waals surface area contributed by atoms with E-state index in [9.17, 15) is 8.42 Å². The topological polar surface area (TPSA) is 47.0 Å². The lowest BCUT2D eigenvalue weighted by molar-refractivity contribution is 0.608. The van der Waals surface area contributed by atoms with Crippen molar-refractivity contribution >= 4 is 9.84 Å². The molecule has 1 aromatic rings. The standard InChI is InChI=1S/C7H8NO2S/c1-11(9,10)6-7-2-4-8-5-3-7/h2-6H,1H3. The predicted octanol–water partition coefficient (Wildman–Crippen LogP) is 0.636. The molecule has 0 N–H and O–H groups in total. The Hall–Kier alpha value is -0.900. The molecule has 0 bridgehead atoms. The monoisotopic (exact) mass is 170 g/mol. The lowest BCUT2D eigenvalue weighted by atomic mass is 10.3. The highest BCUT2D eigenvalue weighted by Crippen LogP contribution is 2.04. The number of hydrogen-bond donors (Lipinski definition) is 0. The van der Waals surface area contributed by atoms with Crippen molar-refractivity contribution in [1.82, 2.24) is 4.98 Å². The van der Waals surface area contributed by atoms with Crippen molar-refractivity contribution in [3.8, 4) is 0 Å². The first-order valence-corrected chi connectivity index (χ1v) is 4.98. The lowest BCUT2D eigenvalue weighted by Gasteiger charge is -1.95. The van der Waals surface area contributed by atoms with E-state index in [1.54, 1.807) is 24.5 Å². The molecule has 59 valence electrons. The summed E-state index contributed by atoms with van der Waals surface area (Å²) in [5, 5.41) is 0. The molecule has 0 aromatic carbocycles. The third-order valence-corrected chi connectivity index (χ3v) is 1.76. The molecule has 1 heterocycles. The SMILES string of the molecule is CS(=O)(=O)[CH]c1ccncc1. The van der Waals surface area contributed by atoms with Crippen molar-refractivity contribution in [2.24, 2.45) is 0 Å². The Balaban J connectivity index is 2.82. The fraction of sp³-hybridized carbons (Fsp3) is 0.143. The molecule has 0 aliphatic carbocycles. The third kappa shape index (κ3) is 3.13. The van der Waals surface area contributed by atoms with Gasteiger partial charge in [0.05, 0.1) is 0 Å². The largest absolute Gasteiger partial charge is 0.265 e. The molecule has 0 saturated carbocycles. The van der Waals surface area contributed by atoms with E-state index in [4.69, 9.17) is 0 Å². The molecule has 11 heavy (non-hydrogen) atoms. The van der Waals surface area contributed by atoms with E-state index < -0.39 is 9.84 Å². The van der Waals surface area contributed by atoms with Crippen molar-refractivity contribution in [2.45, 2.75) is 0 Å². The average Bonchev–Trinajstić information content (AvgIpc) is 1.85. The molecule has 1 rings (SSSR count). The van der Waals surface area contributed by atoms with Crippen LogP contribution in [0.4, 0.5) is 0 Å². The van der Waals surface area contributed by atoms with Gasteiger partial charge in [-0.3, -0.25) is 4.98 Å². The van der Waals surface area contributed by atoms with Crippen molar-refractivity contribution < 1.29 is 8.42 Å². The Labute approximate surface area is 66.0 Å². The second kappa shape index (κ2) is 3.00. The number of sulfone groups is 1. The first-order chi connectivity index (χ1) is 5.08. The van der Waals surface area contributed by atoms with Crippen LogP contribution in [-0.2, 0) is 9.84 Å². The van der Waals surface area contributed by atoms with Crippen LogP contribution in [0.2, 0.25) is 0 Å². The van der Waals surface area contributed by atoms with Gasteiger partial charge in [-0.1, -0.05) is 0 Å². The van der Waals surface area contributed by atoms with E-state index in [1.807, 2.05) is 0 Å². The highest BCUT2D eigenvalue weighted by atomic mass is 32.2. The van der Waals surface area contributed by atoms with Crippen molar-refractivity contribution in [3.05, 3.63) is 35.8 Å². The minimum Gasteiger partial charge on any atom is -0.265 e. The molecule has 0 fully saturated rings. The molecule has 4 heteroatoms. The molecule has 1 radical (unpaired) electrons. The van der Waals surface area contributed by atoms with E-state index >= 15 is 0 Å². The highest BCUT2D eigenvalue weighted by Gasteiger charge is 2.03. The predicted molar refractivity (Wildman–Crippen MR) is 42.5 cm³/mol. The first-order valence-electron chi connectivity index (χ1n) is 3.03. The average molecular weight is 170 g/mol. The quantitative estimate of drug-likeness (QED) is 0.654. The second-order valence-electron chi connectivity index (χ2n) is 2.23. The van der Waals surface area contributed by atoms with Gasteiger partial charge in [-0.25, -0.2) is 8.42 Å².